The monoisotopic (exact) mass is 286 g/mol. The lowest BCUT2D eigenvalue weighted by atomic mass is 10.1. The summed E-state index contributed by atoms with van der Waals surface area (Å²) in [5.41, 5.74) is 3.56. The van der Waals surface area contributed by atoms with Gasteiger partial charge in [0.15, 0.2) is 0 Å². The highest BCUT2D eigenvalue weighted by atomic mass is 16.5. The van der Waals surface area contributed by atoms with Crippen LogP contribution < -0.4 is 4.74 Å². The third kappa shape index (κ3) is 3.31. The Morgan fingerprint density at radius 2 is 1.77 bits per heavy atom. The fourth-order valence-corrected chi connectivity index (χ4v) is 2.17. The van der Waals surface area contributed by atoms with Crippen molar-refractivity contribution < 1.29 is 4.74 Å². The molecule has 3 rings (SSSR count). The molecule has 3 aromatic rings. The molecule has 0 aliphatic rings. The Hall–Kier alpha value is -3.12. The van der Waals surface area contributed by atoms with Crippen molar-refractivity contribution >= 4 is 0 Å². The van der Waals surface area contributed by atoms with Crippen molar-refractivity contribution in [2.24, 2.45) is 0 Å². The van der Waals surface area contributed by atoms with Crippen molar-refractivity contribution in [3.63, 3.8) is 0 Å². The van der Waals surface area contributed by atoms with Gasteiger partial charge < -0.3 is 4.74 Å². The van der Waals surface area contributed by atoms with Crippen molar-refractivity contribution in [3.8, 4) is 22.9 Å². The molecule has 2 aromatic carbocycles. The first-order valence-electron chi connectivity index (χ1n) is 6.97. The number of nitriles is 1. The summed E-state index contributed by atoms with van der Waals surface area (Å²) < 4.78 is 5.83. The molecule has 0 saturated heterocycles. The summed E-state index contributed by atoms with van der Waals surface area (Å²) in [7, 11) is 0. The highest BCUT2D eigenvalue weighted by Gasteiger charge is 2.02. The van der Waals surface area contributed by atoms with Gasteiger partial charge in [0.05, 0.1) is 5.56 Å². The molecule has 0 aliphatic heterocycles. The van der Waals surface area contributed by atoms with E-state index < -0.39 is 0 Å². The zero-order chi connectivity index (χ0) is 15.2. The highest BCUT2D eigenvalue weighted by Crippen LogP contribution is 2.24. The summed E-state index contributed by atoms with van der Waals surface area (Å²) >= 11 is 0. The zero-order valence-electron chi connectivity index (χ0n) is 11.9. The van der Waals surface area contributed by atoms with Gasteiger partial charge in [0.1, 0.15) is 18.4 Å². The third-order valence-corrected chi connectivity index (χ3v) is 3.28. The Morgan fingerprint density at radius 3 is 2.59 bits per heavy atom. The fraction of sp³-hybridized carbons (Fsp3) is 0.0526. The van der Waals surface area contributed by atoms with Gasteiger partial charge in [-0.2, -0.15) is 5.26 Å². The average molecular weight is 286 g/mol. The van der Waals surface area contributed by atoms with Crippen LogP contribution >= 0.6 is 0 Å². The van der Waals surface area contributed by atoms with Crippen LogP contribution in [0, 0.1) is 11.3 Å². The molecular weight excluding hydrogens is 272 g/mol. The standard InChI is InChI=1S/C19H14N2O/c20-11-16-9-18(13-21-12-16)17-7-4-8-19(10-17)22-14-15-5-2-1-3-6-15/h1-10,12-13H,14H2. The van der Waals surface area contributed by atoms with Gasteiger partial charge in [-0.1, -0.05) is 42.5 Å². The fourth-order valence-electron chi connectivity index (χ4n) is 2.17. The molecule has 0 unspecified atom stereocenters. The summed E-state index contributed by atoms with van der Waals surface area (Å²) in [6.45, 7) is 0.529. The average Bonchev–Trinajstić information content (AvgIpc) is 2.61. The van der Waals surface area contributed by atoms with Gasteiger partial charge in [-0.3, -0.25) is 4.98 Å². The number of hydrogen-bond acceptors (Lipinski definition) is 3. The second-order valence-corrected chi connectivity index (χ2v) is 4.88. The van der Waals surface area contributed by atoms with Gasteiger partial charge in [0.25, 0.3) is 0 Å². The van der Waals surface area contributed by atoms with Crippen LogP contribution in [0.4, 0.5) is 0 Å². The number of hydrogen-bond donors (Lipinski definition) is 0. The predicted octanol–water partition coefficient (Wildman–Crippen LogP) is 4.20. The Kier molecular flexibility index (Phi) is 4.12. The summed E-state index contributed by atoms with van der Waals surface area (Å²) in [6, 6.07) is 21.8. The number of pyridine rings is 1. The van der Waals surface area contributed by atoms with Crippen molar-refractivity contribution in [1.82, 2.24) is 4.98 Å². The van der Waals surface area contributed by atoms with Crippen LogP contribution in [0.15, 0.2) is 73.1 Å². The molecule has 0 N–H and O–H groups in total. The molecule has 0 aliphatic carbocycles. The van der Waals surface area contributed by atoms with Crippen LogP contribution in [0.3, 0.4) is 0 Å². The minimum atomic E-state index is 0.529. The SMILES string of the molecule is N#Cc1cncc(-c2cccc(OCc3ccccc3)c2)c1. The number of aromatic nitrogens is 1. The molecule has 1 aromatic heterocycles. The molecule has 0 amide bonds. The van der Waals surface area contributed by atoms with E-state index in [1.165, 1.54) is 0 Å². The maximum Gasteiger partial charge on any atom is 0.120 e. The minimum Gasteiger partial charge on any atom is -0.489 e. The number of rotatable bonds is 4. The molecule has 1 heterocycles. The number of benzene rings is 2. The summed E-state index contributed by atoms with van der Waals surface area (Å²) in [5, 5.41) is 8.96. The van der Waals surface area contributed by atoms with Crippen LogP contribution in [0.2, 0.25) is 0 Å². The van der Waals surface area contributed by atoms with Gasteiger partial charge in [0.2, 0.25) is 0 Å². The van der Waals surface area contributed by atoms with Gasteiger partial charge in [-0.05, 0) is 29.3 Å². The highest BCUT2D eigenvalue weighted by molar-refractivity contribution is 5.65. The van der Waals surface area contributed by atoms with E-state index in [-0.39, 0.29) is 0 Å². The van der Waals surface area contributed by atoms with Crippen LogP contribution in [-0.4, -0.2) is 4.98 Å². The lowest BCUT2D eigenvalue weighted by Gasteiger charge is -2.08. The summed E-state index contributed by atoms with van der Waals surface area (Å²) in [5.74, 6) is 0.795. The maximum absolute atomic E-state index is 8.96. The van der Waals surface area contributed by atoms with Crippen molar-refractivity contribution in [2.45, 2.75) is 6.61 Å². The first-order chi connectivity index (χ1) is 10.8. The third-order valence-electron chi connectivity index (χ3n) is 3.28. The molecule has 0 saturated carbocycles. The second kappa shape index (κ2) is 6.55. The van der Waals surface area contributed by atoms with Crippen LogP contribution in [0.1, 0.15) is 11.1 Å². The van der Waals surface area contributed by atoms with Crippen LogP contribution in [0.5, 0.6) is 5.75 Å². The van der Waals surface area contributed by atoms with E-state index in [1.54, 1.807) is 12.4 Å². The quantitative estimate of drug-likeness (QED) is 0.722. The molecule has 0 atom stereocenters. The predicted molar refractivity (Wildman–Crippen MR) is 85.2 cm³/mol. The number of ether oxygens (including phenoxy) is 1. The maximum atomic E-state index is 8.96. The molecule has 3 heteroatoms. The molecular formula is C19H14N2O. The topological polar surface area (TPSA) is 45.9 Å². The van der Waals surface area contributed by atoms with Crippen molar-refractivity contribution in [2.75, 3.05) is 0 Å². The smallest absolute Gasteiger partial charge is 0.120 e. The Balaban J connectivity index is 1.79. The van der Waals surface area contributed by atoms with E-state index in [1.807, 2.05) is 60.7 Å². The molecule has 3 nitrogen and oxygen atoms in total. The molecule has 0 radical (unpaired) electrons. The van der Waals surface area contributed by atoms with Crippen LogP contribution in [0.25, 0.3) is 11.1 Å². The molecule has 0 bridgehead atoms. The zero-order valence-corrected chi connectivity index (χ0v) is 11.9. The second-order valence-electron chi connectivity index (χ2n) is 4.88. The van der Waals surface area contributed by atoms with E-state index in [4.69, 9.17) is 10.00 Å². The largest absolute Gasteiger partial charge is 0.489 e. The van der Waals surface area contributed by atoms with E-state index >= 15 is 0 Å². The molecule has 106 valence electrons. The number of nitrogens with zero attached hydrogens (tertiary/aromatic N) is 2. The van der Waals surface area contributed by atoms with Gasteiger partial charge in [-0.25, -0.2) is 0 Å². The Morgan fingerprint density at radius 1 is 0.909 bits per heavy atom. The van der Waals surface area contributed by atoms with E-state index in [9.17, 15) is 0 Å². The molecule has 0 fully saturated rings. The van der Waals surface area contributed by atoms with E-state index in [2.05, 4.69) is 11.1 Å². The lowest BCUT2D eigenvalue weighted by Crippen LogP contribution is -1.95. The van der Waals surface area contributed by atoms with Crippen LogP contribution in [-0.2, 0) is 6.61 Å². The first-order valence-corrected chi connectivity index (χ1v) is 6.97. The molecule has 22 heavy (non-hydrogen) atoms. The summed E-state index contributed by atoms with van der Waals surface area (Å²) in [6.07, 6.45) is 3.30. The lowest BCUT2D eigenvalue weighted by molar-refractivity contribution is 0.306. The normalized spacial score (nSPS) is 9.95. The first kappa shape index (κ1) is 13.8. The van der Waals surface area contributed by atoms with Crippen molar-refractivity contribution in [1.29, 1.82) is 5.26 Å². The molecule has 0 spiro atoms. The summed E-state index contributed by atoms with van der Waals surface area (Å²) in [4.78, 5) is 4.09. The van der Waals surface area contributed by atoms with E-state index in [0.29, 0.717) is 12.2 Å². The van der Waals surface area contributed by atoms with Crippen molar-refractivity contribution in [3.05, 3.63) is 84.2 Å². The van der Waals surface area contributed by atoms with Gasteiger partial charge in [-0.15, -0.1) is 0 Å². The Labute approximate surface area is 129 Å². The minimum absolute atomic E-state index is 0.529. The van der Waals surface area contributed by atoms with E-state index in [0.717, 1.165) is 22.4 Å². The Bertz CT molecular complexity index is 807. The van der Waals surface area contributed by atoms with Gasteiger partial charge in [0, 0.05) is 18.0 Å². The van der Waals surface area contributed by atoms with Gasteiger partial charge >= 0.3 is 0 Å².